The molecule has 2 aromatic rings. The normalized spacial score (nSPS) is 18.4. The van der Waals surface area contributed by atoms with Gasteiger partial charge in [0.25, 0.3) is 0 Å². The van der Waals surface area contributed by atoms with Crippen LogP contribution >= 0.6 is 0 Å². The summed E-state index contributed by atoms with van der Waals surface area (Å²) in [6.45, 7) is 6.45. The van der Waals surface area contributed by atoms with Crippen molar-refractivity contribution in [2.24, 2.45) is 5.92 Å². The fourth-order valence-electron chi connectivity index (χ4n) is 4.73. The zero-order valence-corrected chi connectivity index (χ0v) is 21.4. The number of nitrogens with one attached hydrogen (secondary N) is 1. The zero-order valence-electron chi connectivity index (χ0n) is 20.6. The van der Waals surface area contributed by atoms with Crippen molar-refractivity contribution in [1.29, 1.82) is 0 Å². The molecule has 2 aromatic carbocycles. The third kappa shape index (κ3) is 7.36. The second-order valence-electron chi connectivity index (χ2n) is 9.68. The van der Waals surface area contributed by atoms with Gasteiger partial charge in [0.2, 0.25) is 15.9 Å². The molecule has 2 aliphatic rings. The van der Waals surface area contributed by atoms with Crippen molar-refractivity contribution >= 4 is 15.9 Å². The maximum absolute atomic E-state index is 12.7. The molecule has 0 radical (unpaired) electrons. The molecule has 190 valence electrons. The molecule has 0 unspecified atom stereocenters. The van der Waals surface area contributed by atoms with E-state index in [-0.39, 0.29) is 10.8 Å². The molecule has 2 aliphatic heterocycles. The van der Waals surface area contributed by atoms with Gasteiger partial charge in [-0.05, 0) is 74.9 Å². The highest BCUT2D eigenvalue weighted by molar-refractivity contribution is 7.89. The Kier molecular flexibility index (Phi) is 8.94. The quantitative estimate of drug-likeness (QED) is 0.574. The Balaban J connectivity index is 1.16. The first-order chi connectivity index (χ1) is 16.9. The fraction of sp³-hybridized carbons (Fsp3) is 0.519. The van der Waals surface area contributed by atoms with Crippen LogP contribution in [0.4, 0.5) is 0 Å². The molecule has 0 atom stereocenters. The summed E-state index contributed by atoms with van der Waals surface area (Å²) in [4.78, 5) is 15.0. The number of hydrogen-bond acceptors (Lipinski definition) is 5. The number of rotatable bonds is 9. The molecule has 0 bridgehead atoms. The molecular formula is C27H37N3O4S. The standard InChI is InChI=1S/C27H37N3O4S/c1-22-2-4-23(5-3-22)6-7-24-12-14-29(15-13-24)21-27(31)28-20-25-8-10-26(11-9-25)35(32,33)30-16-18-34-19-17-30/h2-5,8-11,24H,6-7,12-21H2,1H3,(H,28,31). The van der Waals surface area contributed by atoms with E-state index in [1.807, 2.05) is 0 Å². The lowest BCUT2D eigenvalue weighted by Crippen LogP contribution is -2.41. The second kappa shape index (κ2) is 12.1. The van der Waals surface area contributed by atoms with Crippen LogP contribution in [-0.2, 0) is 32.5 Å². The molecule has 0 spiro atoms. The van der Waals surface area contributed by atoms with Gasteiger partial charge in [0.1, 0.15) is 0 Å². The Bertz CT molecular complexity index is 1060. The van der Waals surface area contributed by atoms with Crippen molar-refractivity contribution in [3.8, 4) is 0 Å². The number of benzene rings is 2. The van der Waals surface area contributed by atoms with Crippen molar-refractivity contribution in [3.63, 3.8) is 0 Å². The average molecular weight is 500 g/mol. The van der Waals surface area contributed by atoms with E-state index in [0.717, 1.165) is 43.8 Å². The number of carbonyl (C=O) groups excluding carboxylic acids is 1. The van der Waals surface area contributed by atoms with Gasteiger partial charge in [-0.15, -0.1) is 0 Å². The summed E-state index contributed by atoms with van der Waals surface area (Å²) >= 11 is 0. The maximum atomic E-state index is 12.7. The summed E-state index contributed by atoms with van der Waals surface area (Å²) in [7, 11) is -3.50. The Morgan fingerprint density at radius 2 is 1.57 bits per heavy atom. The van der Waals surface area contributed by atoms with E-state index in [2.05, 4.69) is 41.4 Å². The van der Waals surface area contributed by atoms with Gasteiger partial charge < -0.3 is 10.1 Å². The van der Waals surface area contributed by atoms with E-state index in [1.54, 1.807) is 24.3 Å². The van der Waals surface area contributed by atoms with Gasteiger partial charge >= 0.3 is 0 Å². The number of piperidine rings is 1. The molecular weight excluding hydrogens is 462 g/mol. The van der Waals surface area contributed by atoms with Gasteiger partial charge in [0.05, 0.1) is 24.7 Å². The maximum Gasteiger partial charge on any atom is 0.243 e. The number of amides is 1. The first-order valence-corrected chi connectivity index (χ1v) is 14.1. The minimum Gasteiger partial charge on any atom is -0.379 e. The van der Waals surface area contributed by atoms with Crippen molar-refractivity contribution in [3.05, 3.63) is 65.2 Å². The molecule has 2 saturated heterocycles. The van der Waals surface area contributed by atoms with E-state index in [9.17, 15) is 13.2 Å². The molecule has 4 rings (SSSR count). The van der Waals surface area contributed by atoms with Gasteiger partial charge in [0, 0.05) is 19.6 Å². The Morgan fingerprint density at radius 1 is 0.943 bits per heavy atom. The van der Waals surface area contributed by atoms with Crippen LogP contribution in [0, 0.1) is 12.8 Å². The first-order valence-electron chi connectivity index (χ1n) is 12.6. The lowest BCUT2D eigenvalue weighted by atomic mass is 9.90. The number of hydrogen-bond donors (Lipinski definition) is 1. The van der Waals surface area contributed by atoms with E-state index in [1.165, 1.54) is 21.9 Å². The fourth-order valence-corrected chi connectivity index (χ4v) is 6.14. The first kappa shape index (κ1) is 25.8. The Morgan fingerprint density at radius 3 is 2.23 bits per heavy atom. The van der Waals surface area contributed by atoms with Crippen molar-refractivity contribution < 1.29 is 17.9 Å². The molecule has 0 aromatic heterocycles. The molecule has 8 heteroatoms. The minimum atomic E-state index is -3.50. The lowest BCUT2D eigenvalue weighted by Gasteiger charge is -2.31. The molecule has 2 fully saturated rings. The molecule has 0 aliphatic carbocycles. The number of nitrogens with zero attached hydrogens (tertiary/aromatic N) is 2. The van der Waals surface area contributed by atoms with Crippen LogP contribution in [0.3, 0.4) is 0 Å². The van der Waals surface area contributed by atoms with Crippen molar-refractivity contribution in [2.45, 2.75) is 44.0 Å². The van der Waals surface area contributed by atoms with Gasteiger partial charge in [-0.25, -0.2) is 8.42 Å². The van der Waals surface area contributed by atoms with Gasteiger partial charge in [-0.2, -0.15) is 4.31 Å². The van der Waals surface area contributed by atoms with Crippen LogP contribution in [0.2, 0.25) is 0 Å². The smallest absolute Gasteiger partial charge is 0.243 e. The Hall–Kier alpha value is -2.26. The van der Waals surface area contributed by atoms with E-state index < -0.39 is 10.0 Å². The predicted molar refractivity (Wildman–Crippen MR) is 137 cm³/mol. The summed E-state index contributed by atoms with van der Waals surface area (Å²) in [5.41, 5.74) is 3.59. The minimum absolute atomic E-state index is 0.00752. The van der Waals surface area contributed by atoms with E-state index in [0.29, 0.717) is 39.4 Å². The number of sulfonamides is 1. The van der Waals surface area contributed by atoms with Crippen LogP contribution in [0.25, 0.3) is 0 Å². The molecule has 1 N–H and O–H groups in total. The number of carbonyl (C=O) groups is 1. The third-order valence-electron chi connectivity index (χ3n) is 7.06. The van der Waals surface area contributed by atoms with Crippen molar-refractivity contribution in [1.82, 2.24) is 14.5 Å². The van der Waals surface area contributed by atoms with Crippen LogP contribution < -0.4 is 5.32 Å². The van der Waals surface area contributed by atoms with Gasteiger partial charge in [-0.1, -0.05) is 42.0 Å². The summed E-state index contributed by atoms with van der Waals surface area (Å²) in [6, 6.07) is 15.6. The topological polar surface area (TPSA) is 79.0 Å². The van der Waals surface area contributed by atoms with E-state index in [4.69, 9.17) is 4.74 Å². The lowest BCUT2D eigenvalue weighted by molar-refractivity contribution is -0.122. The summed E-state index contributed by atoms with van der Waals surface area (Å²) in [5, 5.41) is 2.97. The second-order valence-corrected chi connectivity index (χ2v) is 11.6. The third-order valence-corrected chi connectivity index (χ3v) is 8.97. The summed E-state index contributed by atoms with van der Waals surface area (Å²) in [6.07, 6.45) is 4.61. The number of ether oxygens (including phenoxy) is 1. The molecule has 35 heavy (non-hydrogen) atoms. The Labute approximate surface area is 209 Å². The molecule has 2 heterocycles. The van der Waals surface area contributed by atoms with E-state index >= 15 is 0 Å². The van der Waals surface area contributed by atoms with Gasteiger partial charge in [-0.3, -0.25) is 9.69 Å². The van der Waals surface area contributed by atoms with Crippen LogP contribution in [0.5, 0.6) is 0 Å². The molecule has 1 amide bonds. The van der Waals surface area contributed by atoms with Gasteiger partial charge in [0.15, 0.2) is 0 Å². The number of likely N-dealkylation sites (tertiary alicyclic amines) is 1. The largest absolute Gasteiger partial charge is 0.379 e. The average Bonchev–Trinajstić information content (AvgIpc) is 2.89. The summed E-state index contributed by atoms with van der Waals surface area (Å²) in [5.74, 6) is 0.732. The number of morpholine rings is 1. The monoisotopic (exact) mass is 499 g/mol. The number of aryl methyl sites for hydroxylation is 2. The highest BCUT2D eigenvalue weighted by Crippen LogP contribution is 2.22. The van der Waals surface area contributed by atoms with Crippen LogP contribution in [0.1, 0.15) is 36.0 Å². The highest BCUT2D eigenvalue weighted by Gasteiger charge is 2.26. The zero-order chi connectivity index (χ0) is 24.7. The SMILES string of the molecule is Cc1ccc(CCC2CCN(CC(=O)NCc3ccc(S(=O)(=O)N4CCOCC4)cc3)CC2)cc1. The molecule has 7 nitrogen and oxygen atoms in total. The predicted octanol–water partition coefficient (Wildman–Crippen LogP) is 2.98. The highest BCUT2D eigenvalue weighted by atomic mass is 32.2. The molecule has 0 saturated carbocycles. The van der Waals surface area contributed by atoms with Crippen LogP contribution in [-0.4, -0.2) is 69.5 Å². The summed E-state index contributed by atoms with van der Waals surface area (Å²) < 4.78 is 32.2. The van der Waals surface area contributed by atoms with Crippen LogP contribution in [0.15, 0.2) is 53.4 Å². The van der Waals surface area contributed by atoms with Crippen molar-refractivity contribution in [2.75, 3.05) is 45.9 Å².